The van der Waals surface area contributed by atoms with Gasteiger partial charge in [-0.2, -0.15) is 10.2 Å². The summed E-state index contributed by atoms with van der Waals surface area (Å²) >= 11 is 1.55. The number of hydrazone groups is 1. The molecule has 0 fully saturated rings. The van der Waals surface area contributed by atoms with Crippen molar-refractivity contribution in [1.29, 1.82) is 0 Å². The second-order valence-electron chi connectivity index (χ2n) is 5.61. The number of aromatic amines is 1. The topological polar surface area (TPSA) is 79.4 Å². The fourth-order valence-corrected chi connectivity index (χ4v) is 2.81. The molecule has 2 N–H and O–H groups in total. The average Bonchev–Trinajstić information content (AvgIpc) is 3.34. The van der Waals surface area contributed by atoms with Crippen molar-refractivity contribution < 1.29 is 9.53 Å². The second kappa shape index (κ2) is 8.96. The molecule has 2 aromatic heterocycles. The van der Waals surface area contributed by atoms with E-state index in [4.69, 9.17) is 4.74 Å². The molecule has 3 rings (SSSR count). The number of hydrogen-bond donors (Lipinski definition) is 2. The highest BCUT2D eigenvalue weighted by atomic mass is 32.1. The quantitative estimate of drug-likeness (QED) is 0.357. The molecule has 7 heteroatoms. The lowest BCUT2D eigenvalue weighted by Gasteiger charge is -2.05. The number of hydrogen-bond acceptors (Lipinski definition) is 5. The maximum Gasteiger partial charge on any atom is 0.289 e. The number of unbranched alkanes of at least 4 members (excludes halogenated alkanes) is 1. The van der Waals surface area contributed by atoms with E-state index in [1.807, 2.05) is 41.8 Å². The normalized spacial score (nSPS) is 11.0. The number of H-pyrrole nitrogens is 1. The molecular formula is C19H20N4O2S. The van der Waals surface area contributed by atoms with Crippen LogP contribution in [0.1, 0.15) is 35.1 Å². The molecule has 0 bridgehead atoms. The predicted molar refractivity (Wildman–Crippen MR) is 104 cm³/mol. The monoisotopic (exact) mass is 368 g/mol. The van der Waals surface area contributed by atoms with E-state index in [0.29, 0.717) is 18.0 Å². The third kappa shape index (κ3) is 4.80. The van der Waals surface area contributed by atoms with E-state index in [9.17, 15) is 4.79 Å². The zero-order chi connectivity index (χ0) is 18.2. The van der Waals surface area contributed by atoms with Gasteiger partial charge in [-0.3, -0.25) is 9.89 Å². The van der Waals surface area contributed by atoms with E-state index in [2.05, 4.69) is 27.6 Å². The van der Waals surface area contributed by atoms with Crippen molar-refractivity contribution in [2.75, 3.05) is 6.61 Å². The van der Waals surface area contributed by atoms with Crippen molar-refractivity contribution in [3.8, 4) is 17.0 Å². The Hall–Kier alpha value is -2.93. The molecule has 0 aliphatic carbocycles. The lowest BCUT2D eigenvalue weighted by Crippen LogP contribution is -2.17. The molecule has 0 aliphatic heterocycles. The SMILES string of the molecule is CCCCOc1ccc(-c2cc(C(=O)NN=Cc3cccs3)[nH]n2)cc1. The third-order valence-corrected chi connectivity index (χ3v) is 4.45. The first-order valence-electron chi connectivity index (χ1n) is 8.42. The first kappa shape index (κ1) is 17.9. The zero-order valence-electron chi connectivity index (χ0n) is 14.4. The van der Waals surface area contributed by atoms with Crippen LogP contribution in [-0.4, -0.2) is 28.9 Å². The van der Waals surface area contributed by atoms with Crippen molar-refractivity contribution in [2.24, 2.45) is 5.10 Å². The number of nitrogens with zero attached hydrogens (tertiary/aromatic N) is 2. The maximum atomic E-state index is 12.1. The smallest absolute Gasteiger partial charge is 0.289 e. The lowest BCUT2D eigenvalue weighted by molar-refractivity contribution is 0.0950. The molecule has 134 valence electrons. The molecule has 0 spiro atoms. The van der Waals surface area contributed by atoms with Crippen LogP contribution in [0.2, 0.25) is 0 Å². The minimum absolute atomic E-state index is 0.337. The number of rotatable bonds is 8. The summed E-state index contributed by atoms with van der Waals surface area (Å²) < 4.78 is 5.65. The maximum absolute atomic E-state index is 12.1. The minimum Gasteiger partial charge on any atom is -0.494 e. The number of carbonyl (C=O) groups excluding carboxylic acids is 1. The van der Waals surface area contributed by atoms with Crippen LogP contribution in [0.25, 0.3) is 11.3 Å². The molecule has 0 atom stereocenters. The summed E-state index contributed by atoms with van der Waals surface area (Å²) in [4.78, 5) is 13.1. The van der Waals surface area contributed by atoms with Gasteiger partial charge in [-0.05, 0) is 48.2 Å². The Morgan fingerprint density at radius 1 is 1.35 bits per heavy atom. The molecule has 0 saturated heterocycles. The third-order valence-electron chi connectivity index (χ3n) is 3.64. The number of nitrogens with one attached hydrogen (secondary N) is 2. The Labute approximate surface area is 155 Å². The van der Waals surface area contributed by atoms with Crippen molar-refractivity contribution in [3.63, 3.8) is 0 Å². The molecular weight excluding hydrogens is 348 g/mol. The van der Waals surface area contributed by atoms with Crippen LogP contribution in [0.15, 0.2) is 52.9 Å². The summed E-state index contributed by atoms with van der Waals surface area (Å²) in [5.41, 5.74) is 4.44. The van der Waals surface area contributed by atoms with Gasteiger partial charge in [0.1, 0.15) is 11.4 Å². The largest absolute Gasteiger partial charge is 0.494 e. The van der Waals surface area contributed by atoms with Crippen LogP contribution in [-0.2, 0) is 0 Å². The number of carbonyl (C=O) groups is 1. The van der Waals surface area contributed by atoms with Crippen LogP contribution >= 0.6 is 11.3 Å². The van der Waals surface area contributed by atoms with E-state index in [0.717, 1.165) is 29.0 Å². The Morgan fingerprint density at radius 3 is 2.92 bits per heavy atom. The van der Waals surface area contributed by atoms with Crippen LogP contribution in [0.4, 0.5) is 0 Å². The lowest BCUT2D eigenvalue weighted by atomic mass is 10.1. The van der Waals surface area contributed by atoms with Crippen molar-refractivity contribution in [3.05, 3.63) is 58.4 Å². The van der Waals surface area contributed by atoms with Crippen molar-refractivity contribution in [2.45, 2.75) is 19.8 Å². The summed E-state index contributed by atoms with van der Waals surface area (Å²) in [6.07, 6.45) is 3.75. The summed E-state index contributed by atoms with van der Waals surface area (Å²) in [5.74, 6) is 0.495. The summed E-state index contributed by atoms with van der Waals surface area (Å²) in [6.45, 7) is 2.85. The molecule has 1 amide bonds. The molecule has 0 radical (unpaired) electrons. The highest BCUT2D eigenvalue weighted by molar-refractivity contribution is 7.11. The summed E-state index contributed by atoms with van der Waals surface area (Å²) in [6, 6.07) is 13.2. The molecule has 0 unspecified atom stereocenters. The van der Waals surface area contributed by atoms with Gasteiger partial charge < -0.3 is 4.74 Å². The van der Waals surface area contributed by atoms with Crippen LogP contribution in [0.3, 0.4) is 0 Å². The van der Waals surface area contributed by atoms with Crippen LogP contribution in [0, 0.1) is 0 Å². The standard InChI is InChI=1S/C19H20N4O2S/c1-2-3-10-25-15-8-6-14(7-9-15)17-12-18(22-21-17)19(24)23-20-13-16-5-4-11-26-16/h4-9,11-13H,2-3,10H2,1H3,(H,21,22)(H,23,24). The van der Waals surface area contributed by atoms with Gasteiger partial charge in [-0.25, -0.2) is 5.43 Å². The zero-order valence-corrected chi connectivity index (χ0v) is 15.3. The molecule has 2 heterocycles. The number of amides is 1. The second-order valence-corrected chi connectivity index (χ2v) is 6.59. The first-order valence-corrected chi connectivity index (χ1v) is 9.30. The average molecular weight is 368 g/mol. The Balaban J connectivity index is 1.59. The van der Waals surface area contributed by atoms with Gasteiger partial charge in [0.2, 0.25) is 0 Å². The Kier molecular flexibility index (Phi) is 6.16. The van der Waals surface area contributed by atoms with Crippen molar-refractivity contribution >= 4 is 23.5 Å². The van der Waals surface area contributed by atoms with Gasteiger partial charge in [0.15, 0.2) is 0 Å². The minimum atomic E-state index is -0.337. The van der Waals surface area contributed by atoms with Crippen LogP contribution < -0.4 is 10.2 Å². The van der Waals surface area contributed by atoms with E-state index in [1.54, 1.807) is 23.6 Å². The predicted octanol–water partition coefficient (Wildman–Crippen LogP) is 4.08. The molecule has 26 heavy (non-hydrogen) atoms. The van der Waals surface area contributed by atoms with E-state index >= 15 is 0 Å². The van der Waals surface area contributed by atoms with E-state index in [1.165, 1.54) is 0 Å². The fraction of sp³-hybridized carbons (Fsp3) is 0.211. The number of thiophene rings is 1. The molecule has 6 nitrogen and oxygen atoms in total. The number of benzene rings is 1. The van der Waals surface area contributed by atoms with Gasteiger partial charge >= 0.3 is 0 Å². The van der Waals surface area contributed by atoms with E-state index in [-0.39, 0.29) is 5.91 Å². The van der Waals surface area contributed by atoms with Crippen molar-refractivity contribution in [1.82, 2.24) is 15.6 Å². The molecule has 1 aromatic carbocycles. The highest BCUT2D eigenvalue weighted by Crippen LogP contribution is 2.21. The van der Waals surface area contributed by atoms with Gasteiger partial charge in [0.25, 0.3) is 5.91 Å². The first-order chi connectivity index (χ1) is 12.8. The fourth-order valence-electron chi connectivity index (χ4n) is 2.22. The highest BCUT2D eigenvalue weighted by Gasteiger charge is 2.10. The molecule has 0 aliphatic rings. The Morgan fingerprint density at radius 2 is 2.19 bits per heavy atom. The number of aromatic nitrogens is 2. The Bertz CT molecular complexity index is 854. The summed E-state index contributed by atoms with van der Waals surface area (Å²) in [7, 11) is 0. The molecule has 3 aromatic rings. The summed E-state index contributed by atoms with van der Waals surface area (Å²) in [5, 5.41) is 12.8. The number of ether oxygens (including phenoxy) is 1. The molecule has 0 saturated carbocycles. The van der Waals surface area contributed by atoms with Gasteiger partial charge in [-0.15, -0.1) is 11.3 Å². The van der Waals surface area contributed by atoms with Gasteiger partial charge in [0, 0.05) is 10.4 Å². The van der Waals surface area contributed by atoms with Crippen LogP contribution in [0.5, 0.6) is 5.75 Å². The van der Waals surface area contributed by atoms with E-state index < -0.39 is 0 Å². The van der Waals surface area contributed by atoms with Gasteiger partial charge in [-0.1, -0.05) is 19.4 Å². The van der Waals surface area contributed by atoms with Gasteiger partial charge in [0.05, 0.1) is 18.5 Å².